The summed E-state index contributed by atoms with van der Waals surface area (Å²) in [6, 6.07) is 1.96. The molecule has 0 aliphatic carbocycles. The second-order valence-corrected chi connectivity index (χ2v) is 4.51. The lowest BCUT2D eigenvalue weighted by Crippen LogP contribution is -1.96. The maximum absolute atomic E-state index is 4.29. The van der Waals surface area contributed by atoms with Crippen LogP contribution in [0, 0.1) is 13.8 Å². The van der Waals surface area contributed by atoms with Gasteiger partial charge < -0.3 is 5.32 Å². The molecule has 0 aromatic carbocycles. The van der Waals surface area contributed by atoms with Crippen molar-refractivity contribution in [3.63, 3.8) is 0 Å². The van der Waals surface area contributed by atoms with Gasteiger partial charge in [0, 0.05) is 19.4 Å². The van der Waals surface area contributed by atoms with Crippen LogP contribution in [0.3, 0.4) is 0 Å². The molecule has 0 atom stereocenters. The highest BCUT2D eigenvalue weighted by Crippen LogP contribution is 2.27. The molecule has 2 rings (SSSR count). The summed E-state index contributed by atoms with van der Waals surface area (Å²) in [5.41, 5.74) is 3.08. The van der Waals surface area contributed by atoms with Gasteiger partial charge in [-0.05, 0) is 41.4 Å². The minimum atomic E-state index is 0.816. The van der Waals surface area contributed by atoms with Crippen molar-refractivity contribution < 1.29 is 0 Å². The van der Waals surface area contributed by atoms with Crippen LogP contribution in [0.25, 0.3) is 0 Å². The lowest BCUT2D eigenvalue weighted by molar-refractivity contribution is 0.756. The average Bonchev–Trinajstić information content (AvgIpc) is 2.53. The van der Waals surface area contributed by atoms with Crippen LogP contribution in [0.15, 0.2) is 22.9 Å². The topological polar surface area (TPSA) is 42.7 Å². The number of nitrogens with one attached hydrogen (secondary N) is 1. The third kappa shape index (κ3) is 2.09. The molecule has 0 spiro atoms. The van der Waals surface area contributed by atoms with E-state index in [4.69, 9.17) is 0 Å². The zero-order valence-corrected chi connectivity index (χ0v) is 11.0. The van der Waals surface area contributed by atoms with E-state index in [1.54, 1.807) is 10.9 Å². The highest BCUT2D eigenvalue weighted by atomic mass is 79.9. The molecule has 0 unspecified atom stereocenters. The first-order valence-electron chi connectivity index (χ1n) is 4.96. The Labute approximate surface area is 103 Å². The van der Waals surface area contributed by atoms with Gasteiger partial charge >= 0.3 is 0 Å². The fraction of sp³-hybridized carbons (Fsp3) is 0.273. The quantitative estimate of drug-likeness (QED) is 0.920. The van der Waals surface area contributed by atoms with Crippen molar-refractivity contribution in [2.45, 2.75) is 13.8 Å². The molecule has 2 aromatic rings. The zero-order chi connectivity index (χ0) is 11.7. The van der Waals surface area contributed by atoms with E-state index in [1.165, 1.54) is 0 Å². The van der Waals surface area contributed by atoms with Crippen molar-refractivity contribution in [1.82, 2.24) is 14.8 Å². The second-order valence-electron chi connectivity index (χ2n) is 3.72. The molecule has 0 aliphatic rings. The van der Waals surface area contributed by atoms with Crippen LogP contribution in [-0.2, 0) is 7.05 Å². The number of pyridine rings is 1. The lowest BCUT2D eigenvalue weighted by atomic mass is 10.3. The summed E-state index contributed by atoms with van der Waals surface area (Å²) in [4.78, 5) is 4.29. The summed E-state index contributed by atoms with van der Waals surface area (Å²) in [5, 5.41) is 7.53. The largest absolute Gasteiger partial charge is 0.337 e. The van der Waals surface area contributed by atoms with E-state index in [0.717, 1.165) is 27.2 Å². The van der Waals surface area contributed by atoms with Gasteiger partial charge in [-0.1, -0.05) is 0 Å². The lowest BCUT2D eigenvalue weighted by Gasteiger charge is -2.07. The Balaban J connectivity index is 2.34. The molecule has 84 valence electrons. The van der Waals surface area contributed by atoms with Gasteiger partial charge in [-0.2, -0.15) is 5.10 Å². The standard InChI is InChI=1S/C11H13BrN4/c1-7-4-5-13-11(10(7)12)14-9-6-16(3)15-8(9)2/h4-6H,1-3H3,(H,13,14). The van der Waals surface area contributed by atoms with Crippen LogP contribution >= 0.6 is 15.9 Å². The Morgan fingerprint density at radius 3 is 2.75 bits per heavy atom. The Morgan fingerprint density at radius 2 is 2.12 bits per heavy atom. The first-order valence-corrected chi connectivity index (χ1v) is 5.75. The zero-order valence-electron chi connectivity index (χ0n) is 9.45. The third-order valence-corrected chi connectivity index (χ3v) is 3.35. The van der Waals surface area contributed by atoms with E-state index in [1.807, 2.05) is 33.2 Å². The van der Waals surface area contributed by atoms with Gasteiger partial charge in [0.2, 0.25) is 0 Å². The smallest absolute Gasteiger partial charge is 0.145 e. The molecule has 2 aromatic heterocycles. The number of halogens is 1. The maximum Gasteiger partial charge on any atom is 0.145 e. The second kappa shape index (κ2) is 4.25. The van der Waals surface area contributed by atoms with Crippen LogP contribution in [0.4, 0.5) is 11.5 Å². The Morgan fingerprint density at radius 1 is 1.38 bits per heavy atom. The van der Waals surface area contributed by atoms with Gasteiger partial charge in [-0.3, -0.25) is 4.68 Å². The molecule has 2 heterocycles. The van der Waals surface area contributed by atoms with Gasteiger partial charge in [0.1, 0.15) is 5.82 Å². The van der Waals surface area contributed by atoms with Gasteiger partial charge in [-0.15, -0.1) is 0 Å². The van der Waals surface area contributed by atoms with E-state index >= 15 is 0 Å². The molecule has 5 heteroatoms. The first-order chi connectivity index (χ1) is 7.58. The van der Waals surface area contributed by atoms with Crippen LogP contribution in [0.1, 0.15) is 11.3 Å². The molecule has 0 radical (unpaired) electrons. The molecule has 16 heavy (non-hydrogen) atoms. The fourth-order valence-corrected chi connectivity index (χ4v) is 1.81. The normalized spacial score (nSPS) is 10.5. The van der Waals surface area contributed by atoms with Gasteiger partial charge in [-0.25, -0.2) is 4.98 Å². The molecule has 4 nitrogen and oxygen atoms in total. The molecule has 0 saturated heterocycles. The number of rotatable bonds is 2. The highest BCUT2D eigenvalue weighted by Gasteiger charge is 2.07. The molecule has 0 saturated carbocycles. The Bertz CT molecular complexity index is 519. The maximum atomic E-state index is 4.29. The molecule has 0 bridgehead atoms. The molecule has 0 aliphatic heterocycles. The van der Waals surface area contributed by atoms with E-state index in [9.17, 15) is 0 Å². The SMILES string of the molecule is Cc1ccnc(Nc2cn(C)nc2C)c1Br. The minimum absolute atomic E-state index is 0.816. The number of nitrogens with zero attached hydrogens (tertiary/aromatic N) is 3. The summed E-state index contributed by atoms with van der Waals surface area (Å²) in [7, 11) is 1.90. The Hall–Kier alpha value is -1.36. The van der Waals surface area contributed by atoms with Gasteiger partial charge in [0.15, 0.2) is 0 Å². The Kier molecular flexibility index (Phi) is 2.96. The summed E-state index contributed by atoms with van der Waals surface area (Å²) in [6.45, 7) is 4.00. The molecular formula is C11H13BrN4. The van der Waals surface area contributed by atoms with Crippen molar-refractivity contribution in [3.05, 3.63) is 34.2 Å². The molecule has 0 fully saturated rings. The fourth-order valence-electron chi connectivity index (χ4n) is 1.48. The third-order valence-electron chi connectivity index (χ3n) is 2.35. The monoisotopic (exact) mass is 280 g/mol. The minimum Gasteiger partial charge on any atom is -0.337 e. The van der Waals surface area contributed by atoms with Crippen molar-refractivity contribution in [1.29, 1.82) is 0 Å². The molecular weight excluding hydrogens is 268 g/mol. The predicted molar refractivity (Wildman–Crippen MR) is 67.9 cm³/mol. The van der Waals surface area contributed by atoms with Crippen molar-refractivity contribution in [2.75, 3.05) is 5.32 Å². The van der Waals surface area contributed by atoms with Gasteiger partial charge in [0.25, 0.3) is 0 Å². The van der Waals surface area contributed by atoms with Gasteiger partial charge in [0.05, 0.1) is 15.9 Å². The highest BCUT2D eigenvalue weighted by molar-refractivity contribution is 9.10. The number of hydrogen-bond acceptors (Lipinski definition) is 3. The molecule has 1 N–H and O–H groups in total. The van der Waals surface area contributed by atoms with Crippen LogP contribution in [0.2, 0.25) is 0 Å². The van der Waals surface area contributed by atoms with E-state index in [-0.39, 0.29) is 0 Å². The predicted octanol–water partition coefficient (Wildman–Crippen LogP) is 2.94. The van der Waals surface area contributed by atoms with Crippen LogP contribution in [0.5, 0.6) is 0 Å². The number of hydrogen-bond donors (Lipinski definition) is 1. The summed E-state index contributed by atoms with van der Waals surface area (Å²) >= 11 is 3.52. The van der Waals surface area contributed by atoms with E-state index in [2.05, 4.69) is 31.3 Å². The number of aryl methyl sites for hydroxylation is 3. The van der Waals surface area contributed by atoms with E-state index < -0.39 is 0 Å². The average molecular weight is 281 g/mol. The van der Waals surface area contributed by atoms with Crippen LogP contribution in [-0.4, -0.2) is 14.8 Å². The summed E-state index contributed by atoms with van der Waals surface area (Å²) in [6.07, 6.45) is 3.72. The number of anilines is 2. The molecule has 0 amide bonds. The van der Waals surface area contributed by atoms with Crippen molar-refractivity contribution in [3.8, 4) is 0 Å². The van der Waals surface area contributed by atoms with Crippen molar-refractivity contribution in [2.24, 2.45) is 7.05 Å². The summed E-state index contributed by atoms with van der Waals surface area (Å²) < 4.78 is 2.76. The van der Waals surface area contributed by atoms with Crippen molar-refractivity contribution >= 4 is 27.4 Å². The summed E-state index contributed by atoms with van der Waals surface area (Å²) in [5.74, 6) is 0.816. The first kappa shape index (κ1) is 11.1. The number of aromatic nitrogens is 3. The van der Waals surface area contributed by atoms with Crippen LogP contribution < -0.4 is 5.32 Å². The van der Waals surface area contributed by atoms with E-state index in [0.29, 0.717) is 0 Å².